The zero-order valence-corrected chi connectivity index (χ0v) is 11.5. The summed E-state index contributed by atoms with van der Waals surface area (Å²) in [5.74, 6) is 0.856. The van der Waals surface area contributed by atoms with Crippen LogP contribution in [-0.4, -0.2) is 17.7 Å². The Balaban J connectivity index is 1.87. The van der Waals surface area contributed by atoms with E-state index in [1.165, 1.54) is 31.2 Å². The van der Waals surface area contributed by atoms with Crippen molar-refractivity contribution in [1.29, 1.82) is 0 Å². The average molecular weight is 247 g/mol. The molecule has 0 spiro atoms. The second-order valence-electron chi connectivity index (χ2n) is 5.51. The lowest BCUT2D eigenvalue weighted by Gasteiger charge is -2.21. The largest absolute Gasteiger partial charge is 0.387 e. The molecule has 2 unspecified atom stereocenters. The number of aliphatic hydroxyl groups is 1. The van der Waals surface area contributed by atoms with Crippen LogP contribution in [0.15, 0.2) is 24.3 Å². The predicted octanol–water partition coefficient (Wildman–Crippen LogP) is 3.20. The van der Waals surface area contributed by atoms with E-state index >= 15 is 0 Å². The van der Waals surface area contributed by atoms with Gasteiger partial charge in [0.25, 0.3) is 0 Å². The Labute approximate surface area is 110 Å². The fourth-order valence-electron chi connectivity index (χ4n) is 2.65. The van der Waals surface area contributed by atoms with Gasteiger partial charge in [-0.3, -0.25) is 0 Å². The van der Waals surface area contributed by atoms with Crippen molar-refractivity contribution in [3.8, 4) is 0 Å². The fraction of sp³-hybridized carbons (Fsp3) is 0.625. The molecule has 2 rings (SSSR count). The molecule has 0 heterocycles. The van der Waals surface area contributed by atoms with Crippen molar-refractivity contribution in [2.45, 2.75) is 51.7 Å². The van der Waals surface area contributed by atoms with Crippen LogP contribution >= 0.6 is 0 Å². The predicted molar refractivity (Wildman–Crippen MR) is 75.6 cm³/mol. The van der Waals surface area contributed by atoms with Crippen LogP contribution in [-0.2, 0) is 0 Å². The molecule has 2 nitrogen and oxygen atoms in total. The summed E-state index contributed by atoms with van der Waals surface area (Å²) in [6.45, 7) is 4.96. The Bertz CT molecular complexity index is 373. The SMILES string of the molecule is CCCC(NCC(O)c1ccccc1C)C1CC1. The molecule has 0 bridgehead atoms. The van der Waals surface area contributed by atoms with Gasteiger partial charge in [-0.2, -0.15) is 0 Å². The van der Waals surface area contributed by atoms with E-state index in [2.05, 4.69) is 25.2 Å². The minimum Gasteiger partial charge on any atom is -0.387 e. The number of aliphatic hydroxyl groups excluding tert-OH is 1. The zero-order valence-electron chi connectivity index (χ0n) is 11.5. The van der Waals surface area contributed by atoms with E-state index in [0.717, 1.165) is 11.5 Å². The Morgan fingerprint density at radius 1 is 1.33 bits per heavy atom. The van der Waals surface area contributed by atoms with E-state index in [1.807, 2.05) is 18.2 Å². The molecule has 1 aromatic carbocycles. The molecular formula is C16H25NO. The Kier molecular flexibility index (Phi) is 4.79. The first-order valence-corrected chi connectivity index (χ1v) is 7.19. The average Bonchev–Trinajstić information content (AvgIpc) is 3.19. The van der Waals surface area contributed by atoms with Crippen LogP contribution in [0.2, 0.25) is 0 Å². The third-order valence-corrected chi connectivity index (χ3v) is 3.91. The highest BCUT2D eigenvalue weighted by molar-refractivity contribution is 5.27. The number of aryl methyl sites for hydroxylation is 1. The van der Waals surface area contributed by atoms with Crippen molar-refractivity contribution in [3.05, 3.63) is 35.4 Å². The molecule has 0 saturated heterocycles. The third kappa shape index (κ3) is 3.56. The standard InChI is InChI=1S/C16H25NO/c1-3-6-15(13-9-10-13)17-11-16(18)14-8-5-4-7-12(14)2/h4-5,7-8,13,15-18H,3,6,9-11H2,1-2H3. The summed E-state index contributed by atoms with van der Waals surface area (Å²) in [6, 6.07) is 8.70. The van der Waals surface area contributed by atoms with Crippen LogP contribution in [0.4, 0.5) is 0 Å². The van der Waals surface area contributed by atoms with Gasteiger partial charge in [0.1, 0.15) is 0 Å². The van der Waals surface area contributed by atoms with Crippen LogP contribution in [0.25, 0.3) is 0 Å². The molecule has 0 radical (unpaired) electrons. The number of rotatable bonds is 7. The molecule has 1 aliphatic carbocycles. The van der Waals surface area contributed by atoms with Crippen LogP contribution in [0.1, 0.15) is 49.8 Å². The maximum atomic E-state index is 10.3. The summed E-state index contributed by atoms with van der Waals surface area (Å²) in [5, 5.41) is 13.8. The van der Waals surface area contributed by atoms with Gasteiger partial charge in [-0.25, -0.2) is 0 Å². The minimum atomic E-state index is -0.385. The third-order valence-electron chi connectivity index (χ3n) is 3.91. The lowest BCUT2D eigenvalue weighted by molar-refractivity contribution is 0.166. The van der Waals surface area contributed by atoms with Crippen LogP contribution in [0.3, 0.4) is 0 Å². The minimum absolute atomic E-state index is 0.385. The maximum absolute atomic E-state index is 10.3. The highest BCUT2D eigenvalue weighted by Crippen LogP contribution is 2.34. The Hall–Kier alpha value is -0.860. The van der Waals surface area contributed by atoms with Gasteiger partial charge in [-0.05, 0) is 43.2 Å². The molecule has 0 amide bonds. The van der Waals surface area contributed by atoms with Gasteiger partial charge >= 0.3 is 0 Å². The molecule has 1 aliphatic rings. The van der Waals surface area contributed by atoms with Crippen molar-refractivity contribution in [2.75, 3.05) is 6.54 Å². The normalized spacial score (nSPS) is 18.6. The second kappa shape index (κ2) is 6.35. The molecule has 1 saturated carbocycles. The highest BCUT2D eigenvalue weighted by atomic mass is 16.3. The second-order valence-corrected chi connectivity index (χ2v) is 5.51. The lowest BCUT2D eigenvalue weighted by Crippen LogP contribution is -2.34. The lowest BCUT2D eigenvalue weighted by atomic mass is 10.0. The van der Waals surface area contributed by atoms with Gasteiger partial charge in [-0.15, -0.1) is 0 Å². The summed E-state index contributed by atoms with van der Waals surface area (Å²) >= 11 is 0. The number of benzene rings is 1. The molecule has 100 valence electrons. The first-order valence-electron chi connectivity index (χ1n) is 7.19. The van der Waals surface area contributed by atoms with E-state index in [9.17, 15) is 5.11 Å². The first kappa shape index (κ1) is 13.6. The highest BCUT2D eigenvalue weighted by Gasteiger charge is 2.30. The van der Waals surface area contributed by atoms with Crippen molar-refractivity contribution in [2.24, 2.45) is 5.92 Å². The molecule has 1 aromatic rings. The van der Waals surface area contributed by atoms with Crippen LogP contribution in [0, 0.1) is 12.8 Å². The van der Waals surface area contributed by atoms with E-state index in [-0.39, 0.29) is 6.10 Å². The quantitative estimate of drug-likeness (QED) is 0.775. The van der Waals surface area contributed by atoms with Gasteiger partial charge < -0.3 is 10.4 Å². The van der Waals surface area contributed by atoms with Crippen LogP contribution < -0.4 is 5.32 Å². The smallest absolute Gasteiger partial charge is 0.0917 e. The molecular weight excluding hydrogens is 222 g/mol. The van der Waals surface area contributed by atoms with E-state index in [1.54, 1.807) is 0 Å². The molecule has 1 fully saturated rings. The molecule has 2 heteroatoms. The van der Waals surface area contributed by atoms with Crippen molar-refractivity contribution in [3.63, 3.8) is 0 Å². The van der Waals surface area contributed by atoms with Crippen molar-refractivity contribution in [1.82, 2.24) is 5.32 Å². The molecule has 18 heavy (non-hydrogen) atoms. The molecule has 0 aromatic heterocycles. The monoisotopic (exact) mass is 247 g/mol. The molecule has 0 aliphatic heterocycles. The Morgan fingerprint density at radius 3 is 2.67 bits per heavy atom. The summed E-state index contributed by atoms with van der Waals surface area (Å²) < 4.78 is 0. The van der Waals surface area contributed by atoms with E-state index in [0.29, 0.717) is 12.6 Å². The van der Waals surface area contributed by atoms with Gasteiger partial charge in [0.05, 0.1) is 6.10 Å². The van der Waals surface area contributed by atoms with Gasteiger partial charge in [0, 0.05) is 12.6 Å². The number of nitrogens with one attached hydrogen (secondary N) is 1. The summed E-state index contributed by atoms with van der Waals surface area (Å²) in [4.78, 5) is 0. The van der Waals surface area contributed by atoms with E-state index in [4.69, 9.17) is 0 Å². The van der Waals surface area contributed by atoms with Crippen LogP contribution in [0.5, 0.6) is 0 Å². The zero-order chi connectivity index (χ0) is 13.0. The summed E-state index contributed by atoms with van der Waals surface area (Å²) in [6.07, 6.45) is 4.78. The van der Waals surface area contributed by atoms with Gasteiger partial charge in [-0.1, -0.05) is 37.6 Å². The molecule has 2 N–H and O–H groups in total. The van der Waals surface area contributed by atoms with Crippen molar-refractivity contribution >= 4 is 0 Å². The van der Waals surface area contributed by atoms with Gasteiger partial charge in [0.15, 0.2) is 0 Å². The maximum Gasteiger partial charge on any atom is 0.0917 e. The van der Waals surface area contributed by atoms with E-state index < -0.39 is 0 Å². The summed E-state index contributed by atoms with van der Waals surface area (Å²) in [7, 11) is 0. The first-order chi connectivity index (χ1) is 8.72. The van der Waals surface area contributed by atoms with Crippen molar-refractivity contribution < 1.29 is 5.11 Å². The number of hydrogen-bond donors (Lipinski definition) is 2. The fourth-order valence-corrected chi connectivity index (χ4v) is 2.65. The van der Waals surface area contributed by atoms with Gasteiger partial charge in [0.2, 0.25) is 0 Å². The topological polar surface area (TPSA) is 32.3 Å². The summed E-state index contributed by atoms with van der Waals surface area (Å²) in [5.41, 5.74) is 2.22. The number of hydrogen-bond acceptors (Lipinski definition) is 2. The molecule has 2 atom stereocenters. The Morgan fingerprint density at radius 2 is 2.06 bits per heavy atom.